The van der Waals surface area contributed by atoms with Crippen LogP contribution in [-0.2, 0) is 12.8 Å². The molecule has 0 saturated heterocycles. The number of aliphatic hydroxyl groups excluding tert-OH is 1. The molecule has 180 valence electrons. The lowest BCUT2D eigenvalue weighted by Crippen LogP contribution is -2.22. The summed E-state index contributed by atoms with van der Waals surface area (Å²) in [6, 6.07) is 16.7. The molecule has 2 rings (SSSR count). The lowest BCUT2D eigenvalue weighted by atomic mass is 10.1. The van der Waals surface area contributed by atoms with Crippen molar-refractivity contribution in [2.75, 3.05) is 6.61 Å². The molecule has 3 nitrogen and oxygen atoms in total. The molecule has 0 spiro atoms. The first kappa shape index (κ1) is 28.0. The lowest BCUT2D eigenvalue weighted by Gasteiger charge is -2.21. The van der Waals surface area contributed by atoms with Crippen molar-refractivity contribution < 1.29 is 14.6 Å². The first-order valence-electron chi connectivity index (χ1n) is 12.2. The predicted molar refractivity (Wildman–Crippen MR) is 137 cm³/mol. The minimum atomic E-state index is -0.140. The molecule has 3 heteroatoms. The summed E-state index contributed by atoms with van der Waals surface area (Å²) in [5.74, 6) is 1.88. The largest absolute Gasteiger partial charge is 0.488 e. The second kappa shape index (κ2) is 14.2. The summed E-state index contributed by atoms with van der Waals surface area (Å²) in [5.41, 5.74) is 2.46. The van der Waals surface area contributed by atoms with Crippen molar-refractivity contribution in [1.82, 2.24) is 0 Å². The molecule has 0 bridgehead atoms. The van der Waals surface area contributed by atoms with Gasteiger partial charge in [-0.25, -0.2) is 0 Å². The number of aliphatic hydroxyl groups is 1. The van der Waals surface area contributed by atoms with E-state index in [0.717, 1.165) is 30.8 Å². The van der Waals surface area contributed by atoms with E-state index in [4.69, 9.17) is 14.6 Å². The molecular formula is C29H46O3. The molecule has 32 heavy (non-hydrogen) atoms. The van der Waals surface area contributed by atoms with Crippen LogP contribution in [0.4, 0.5) is 0 Å². The molecule has 0 heterocycles. The molecule has 2 aromatic carbocycles. The van der Waals surface area contributed by atoms with Crippen LogP contribution in [0.3, 0.4) is 0 Å². The van der Waals surface area contributed by atoms with Crippen molar-refractivity contribution in [1.29, 1.82) is 0 Å². The van der Waals surface area contributed by atoms with Gasteiger partial charge in [0, 0.05) is 6.61 Å². The Morgan fingerprint density at radius 1 is 0.594 bits per heavy atom. The van der Waals surface area contributed by atoms with Crippen LogP contribution in [0.1, 0.15) is 91.7 Å². The standard InChI is InChI=1S/C15H24O.C14H22O2/c1-5-6-7-8-13-9-11-14(12-10-13)16-15(2,3)4;1-14(2,3)16-13-9-7-12(8-10-13)6-4-5-11-15/h9-12H,5-8H2,1-4H3;7-10,15H,4-6,11H2,1-3H3. The fourth-order valence-electron chi connectivity index (χ4n) is 3.18. The summed E-state index contributed by atoms with van der Waals surface area (Å²) in [4.78, 5) is 0. The van der Waals surface area contributed by atoms with Gasteiger partial charge >= 0.3 is 0 Å². The first-order chi connectivity index (χ1) is 15.0. The zero-order valence-electron chi connectivity index (χ0n) is 21.5. The molecular weight excluding hydrogens is 396 g/mol. The van der Waals surface area contributed by atoms with Crippen molar-refractivity contribution >= 4 is 0 Å². The number of aryl methyl sites for hydroxylation is 2. The Morgan fingerprint density at radius 3 is 1.28 bits per heavy atom. The smallest absolute Gasteiger partial charge is 0.120 e. The van der Waals surface area contributed by atoms with E-state index >= 15 is 0 Å². The van der Waals surface area contributed by atoms with Crippen LogP contribution in [0.2, 0.25) is 0 Å². The number of hydrogen-bond acceptors (Lipinski definition) is 3. The SMILES string of the molecule is CC(C)(C)Oc1ccc(CCCCO)cc1.CCCCCc1ccc(OC(C)(C)C)cc1. The number of unbranched alkanes of at least 4 members (excludes halogenated alkanes) is 3. The van der Waals surface area contributed by atoms with Crippen LogP contribution < -0.4 is 9.47 Å². The maximum Gasteiger partial charge on any atom is 0.120 e. The van der Waals surface area contributed by atoms with Crippen LogP contribution >= 0.6 is 0 Å². The van der Waals surface area contributed by atoms with Gasteiger partial charge < -0.3 is 14.6 Å². The minimum Gasteiger partial charge on any atom is -0.488 e. The molecule has 0 fully saturated rings. The van der Waals surface area contributed by atoms with E-state index in [2.05, 4.69) is 64.1 Å². The third-order valence-electron chi connectivity index (χ3n) is 4.64. The van der Waals surface area contributed by atoms with Crippen molar-refractivity contribution in [3.8, 4) is 11.5 Å². The zero-order chi connectivity index (χ0) is 24.0. The molecule has 1 N–H and O–H groups in total. The average Bonchev–Trinajstić information content (AvgIpc) is 2.69. The summed E-state index contributed by atoms with van der Waals surface area (Å²) < 4.78 is 11.5. The highest BCUT2D eigenvalue weighted by atomic mass is 16.5. The quantitative estimate of drug-likeness (QED) is 0.382. The van der Waals surface area contributed by atoms with Crippen molar-refractivity contribution in [2.45, 2.75) is 105 Å². The molecule has 0 radical (unpaired) electrons. The Labute approximate surface area is 197 Å². The monoisotopic (exact) mass is 442 g/mol. The normalized spacial score (nSPS) is 11.5. The highest BCUT2D eigenvalue weighted by Crippen LogP contribution is 2.20. The van der Waals surface area contributed by atoms with Gasteiger partial charge in [0.1, 0.15) is 22.7 Å². The second-order valence-electron chi connectivity index (χ2n) is 10.4. The summed E-state index contributed by atoms with van der Waals surface area (Å²) in [6.07, 6.45) is 8.01. The highest BCUT2D eigenvalue weighted by Gasteiger charge is 2.12. The fraction of sp³-hybridized carbons (Fsp3) is 0.586. The maximum absolute atomic E-state index is 8.70. The van der Waals surface area contributed by atoms with Gasteiger partial charge in [-0.15, -0.1) is 0 Å². The van der Waals surface area contributed by atoms with Crippen molar-refractivity contribution in [3.63, 3.8) is 0 Å². The van der Waals surface area contributed by atoms with E-state index in [-0.39, 0.29) is 17.8 Å². The molecule has 0 aromatic heterocycles. The van der Waals surface area contributed by atoms with Gasteiger partial charge in [0.05, 0.1) is 0 Å². The zero-order valence-corrected chi connectivity index (χ0v) is 21.5. The third-order valence-corrected chi connectivity index (χ3v) is 4.64. The topological polar surface area (TPSA) is 38.7 Å². The lowest BCUT2D eigenvalue weighted by molar-refractivity contribution is 0.130. The number of ether oxygens (including phenoxy) is 2. The van der Waals surface area contributed by atoms with Crippen LogP contribution in [0, 0.1) is 0 Å². The van der Waals surface area contributed by atoms with Crippen LogP contribution in [0.5, 0.6) is 11.5 Å². The molecule has 0 aliphatic rings. The van der Waals surface area contributed by atoms with E-state index in [0.29, 0.717) is 0 Å². The molecule has 0 aliphatic heterocycles. The summed E-state index contributed by atoms with van der Waals surface area (Å²) in [6.45, 7) is 14.9. The van der Waals surface area contributed by atoms with Gasteiger partial charge in [-0.3, -0.25) is 0 Å². The number of hydrogen-bond donors (Lipinski definition) is 1. The highest BCUT2D eigenvalue weighted by molar-refractivity contribution is 5.28. The Hall–Kier alpha value is -2.00. The Morgan fingerprint density at radius 2 is 0.969 bits per heavy atom. The van der Waals surface area contributed by atoms with Gasteiger partial charge in [0.15, 0.2) is 0 Å². The average molecular weight is 443 g/mol. The van der Waals surface area contributed by atoms with Gasteiger partial charge in [0.2, 0.25) is 0 Å². The third kappa shape index (κ3) is 14.1. The minimum absolute atomic E-state index is 0.107. The van der Waals surface area contributed by atoms with Gasteiger partial charge in [0.25, 0.3) is 0 Å². The van der Waals surface area contributed by atoms with Crippen LogP contribution in [0.25, 0.3) is 0 Å². The van der Waals surface area contributed by atoms with Crippen LogP contribution in [-0.4, -0.2) is 22.9 Å². The molecule has 0 aliphatic carbocycles. The second-order valence-corrected chi connectivity index (χ2v) is 10.4. The Bertz CT molecular complexity index is 653. The molecule has 0 saturated carbocycles. The summed E-state index contributed by atoms with van der Waals surface area (Å²) in [7, 11) is 0. The van der Waals surface area contributed by atoms with E-state index < -0.39 is 0 Å². The predicted octanol–water partition coefficient (Wildman–Crippen LogP) is 7.78. The summed E-state index contributed by atoms with van der Waals surface area (Å²) >= 11 is 0. The van der Waals surface area contributed by atoms with Gasteiger partial charge in [-0.05, 0) is 109 Å². The van der Waals surface area contributed by atoms with Gasteiger partial charge in [-0.2, -0.15) is 0 Å². The Balaban J connectivity index is 0.000000320. The van der Waals surface area contributed by atoms with Crippen molar-refractivity contribution in [3.05, 3.63) is 59.7 Å². The molecule has 0 atom stereocenters. The Kier molecular flexibility index (Phi) is 12.4. The fourth-order valence-corrected chi connectivity index (χ4v) is 3.18. The van der Waals surface area contributed by atoms with E-state index in [9.17, 15) is 0 Å². The molecule has 0 unspecified atom stereocenters. The maximum atomic E-state index is 8.70. The van der Waals surface area contributed by atoms with E-state index in [1.54, 1.807) is 0 Å². The van der Waals surface area contributed by atoms with Crippen LogP contribution in [0.15, 0.2) is 48.5 Å². The van der Waals surface area contributed by atoms with Crippen molar-refractivity contribution in [2.24, 2.45) is 0 Å². The van der Waals surface area contributed by atoms with E-state index in [1.807, 2.05) is 32.9 Å². The first-order valence-corrected chi connectivity index (χ1v) is 12.2. The van der Waals surface area contributed by atoms with E-state index in [1.165, 1.54) is 36.8 Å². The molecule has 0 amide bonds. The number of benzene rings is 2. The molecule has 2 aromatic rings. The van der Waals surface area contributed by atoms with Gasteiger partial charge in [-0.1, -0.05) is 44.0 Å². The summed E-state index contributed by atoms with van der Waals surface area (Å²) in [5, 5.41) is 8.70. The number of rotatable bonds is 10.